The largest absolute Gasteiger partial charge is 0.497 e. The number of aryl methyl sites for hydroxylation is 1. The number of rotatable bonds is 10. The van der Waals surface area contributed by atoms with Gasteiger partial charge < -0.3 is 20.1 Å². The highest BCUT2D eigenvalue weighted by Crippen LogP contribution is 2.16. The molecule has 8 heteroatoms. The van der Waals surface area contributed by atoms with Gasteiger partial charge in [0.05, 0.1) is 13.7 Å². The first-order valence-corrected chi connectivity index (χ1v) is 9.69. The quantitative estimate of drug-likeness (QED) is 0.344. The summed E-state index contributed by atoms with van der Waals surface area (Å²) >= 11 is 0. The fourth-order valence-corrected chi connectivity index (χ4v) is 2.74. The number of aliphatic imine (C=N–C) groups is 1. The Morgan fingerprint density at radius 3 is 2.17 bits per heavy atom. The highest BCUT2D eigenvalue weighted by Gasteiger charge is 2.27. The van der Waals surface area contributed by atoms with Crippen molar-refractivity contribution in [3.8, 4) is 5.75 Å². The number of alkyl halides is 3. The molecule has 0 heterocycles. The number of nitrogens with zero attached hydrogens (tertiary/aromatic N) is 1. The molecular weight excluding hydrogens is 395 g/mol. The summed E-state index contributed by atoms with van der Waals surface area (Å²) in [5.74, 6) is 1.55. The minimum Gasteiger partial charge on any atom is -0.497 e. The molecule has 0 aliphatic heterocycles. The first-order chi connectivity index (χ1) is 14.4. The van der Waals surface area contributed by atoms with Crippen LogP contribution < -0.4 is 15.4 Å². The molecule has 0 aliphatic rings. The van der Waals surface area contributed by atoms with Gasteiger partial charge in [-0.15, -0.1) is 0 Å². The second-order valence-electron chi connectivity index (χ2n) is 6.73. The minimum absolute atomic E-state index is 0.0648. The summed E-state index contributed by atoms with van der Waals surface area (Å²) in [5, 5.41) is 6.50. The Balaban J connectivity index is 1.66. The molecule has 0 bridgehead atoms. The molecule has 0 radical (unpaired) electrons. The second-order valence-corrected chi connectivity index (χ2v) is 6.73. The maximum atomic E-state index is 12.1. The van der Waals surface area contributed by atoms with Gasteiger partial charge in [-0.25, -0.2) is 0 Å². The molecule has 0 aliphatic carbocycles. The van der Waals surface area contributed by atoms with Crippen molar-refractivity contribution in [2.75, 3.05) is 27.3 Å². The summed E-state index contributed by atoms with van der Waals surface area (Å²) in [7, 11) is 3.36. The maximum Gasteiger partial charge on any atom is 0.411 e. The van der Waals surface area contributed by atoms with E-state index in [9.17, 15) is 13.2 Å². The number of nitrogens with one attached hydrogen (secondary N) is 2. The van der Waals surface area contributed by atoms with Crippen LogP contribution in [0.25, 0.3) is 0 Å². The van der Waals surface area contributed by atoms with Crippen LogP contribution in [0.3, 0.4) is 0 Å². The van der Waals surface area contributed by atoms with Gasteiger partial charge in [0.25, 0.3) is 0 Å². The van der Waals surface area contributed by atoms with E-state index in [1.54, 1.807) is 26.3 Å². The number of hydrogen-bond acceptors (Lipinski definition) is 3. The predicted molar refractivity (Wildman–Crippen MR) is 112 cm³/mol. The topological polar surface area (TPSA) is 54.9 Å². The van der Waals surface area contributed by atoms with E-state index in [0.29, 0.717) is 18.1 Å². The predicted octanol–water partition coefficient (Wildman–Crippen LogP) is 4.07. The van der Waals surface area contributed by atoms with E-state index >= 15 is 0 Å². The molecule has 0 spiro atoms. The molecule has 0 unspecified atom stereocenters. The van der Waals surface area contributed by atoms with Crippen LogP contribution >= 0.6 is 0 Å². The Labute approximate surface area is 175 Å². The van der Waals surface area contributed by atoms with Crippen molar-refractivity contribution in [2.24, 2.45) is 4.99 Å². The van der Waals surface area contributed by atoms with Gasteiger partial charge in [-0.1, -0.05) is 36.4 Å². The molecule has 0 saturated heterocycles. The van der Waals surface area contributed by atoms with Gasteiger partial charge in [0.1, 0.15) is 12.4 Å². The first kappa shape index (κ1) is 23.5. The fourth-order valence-electron chi connectivity index (χ4n) is 2.74. The summed E-state index contributed by atoms with van der Waals surface area (Å²) in [6.45, 7) is 0.0322. The van der Waals surface area contributed by atoms with Crippen LogP contribution in [-0.4, -0.2) is 39.4 Å². The zero-order valence-electron chi connectivity index (χ0n) is 17.3. The minimum atomic E-state index is -4.30. The lowest BCUT2D eigenvalue weighted by molar-refractivity contribution is -0.176. The lowest BCUT2D eigenvalue weighted by atomic mass is 10.1. The third kappa shape index (κ3) is 9.17. The second kappa shape index (κ2) is 12.1. The highest BCUT2D eigenvalue weighted by atomic mass is 19.4. The monoisotopic (exact) mass is 423 g/mol. The Kier molecular flexibility index (Phi) is 9.47. The summed E-state index contributed by atoms with van der Waals surface area (Å²) < 4.78 is 46.1. The molecule has 5 nitrogen and oxygen atoms in total. The van der Waals surface area contributed by atoms with Crippen molar-refractivity contribution in [3.05, 3.63) is 65.2 Å². The Hall–Kier alpha value is -2.74. The SMILES string of the molecule is CN=C(NCCCc1ccc(OC)cc1)NCc1ccc(COCC(F)(F)F)cc1. The third-order valence-corrected chi connectivity index (χ3v) is 4.33. The average molecular weight is 423 g/mol. The summed E-state index contributed by atoms with van der Waals surface area (Å²) in [6.07, 6.45) is -2.40. The maximum absolute atomic E-state index is 12.1. The normalized spacial score (nSPS) is 12.0. The molecule has 2 aromatic rings. The summed E-state index contributed by atoms with van der Waals surface area (Å²) in [6, 6.07) is 15.3. The van der Waals surface area contributed by atoms with Crippen LogP contribution in [0, 0.1) is 0 Å². The van der Waals surface area contributed by atoms with Crippen LogP contribution in [0.4, 0.5) is 13.2 Å². The van der Waals surface area contributed by atoms with E-state index in [2.05, 4.69) is 32.5 Å². The summed E-state index contributed by atoms with van der Waals surface area (Å²) in [4.78, 5) is 4.20. The van der Waals surface area contributed by atoms with Gasteiger partial charge in [0.15, 0.2) is 5.96 Å². The molecule has 0 fully saturated rings. The van der Waals surface area contributed by atoms with Crippen molar-refractivity contribution in [1.82, 2.24) is 10.6 Å². The number of guanidine groups is 1. The zero-order valence-corrected chi connectivity index (χ0v) is 17.3. The lowest BCUT2D eigenvalue weighted by Gasteiger charge is -2.12. The molecule has 164 valence electrons. The van der Waals surface area contributed by atoms with Crippen LogP contribution in [0.1, 0.15) is 23.1 Å². The van der Waals surface area contributed by atoms with Gasteiger partial charge in [-0.3, -0.25) is 4.99 Å². The molecule has 2 rings (SSSR count). The molecule has 2 N–H and O–H groups in total. The molecule has 0 atom stereocenters. The highest BCUT2D eigenvalue weighted by molar-refractivity contribution is 5.79. The van der Waals surface area contributed by atoms with Crippen molar-refractivity contribution in [1.29, 1.82) is 0 Å². The van der Waals surface area contributed by atoms with Gasteiger partial charge >= 0.3 is 6.18 Å². The number of hydrogen-bond donors (Lipinski definition) is 2. The van der Waals surface area contributed by atoms with Gasteiger partial charge in [-0.05, 0) is 41.7 Å². The van der Waals surface area contributed by atoms with E-state index in [0.717, 1.165) is 30.7 Å². The first-order valence-electron chi connectivity index (χ1n) is 9.69. The standard InChI is InChI=1S/C22H28F3N3O2/c1-26-21(27-13-3-4-17-9-11-20(29-2)12-10-17)28-14-18-5-7-19(8-6-18)15-30-16-22(23,24)25/h5-12H,3-4,13-16H2,1-2H3,(H2,26,27,28). The summed E-state index contributed by atoms with van der Waals surface area (Å²) in [5.41, 5.74) is 2.94. The smallest absolute Gasteiger partial charge is 0.411 e. The zero-order chi connectivity index (χ0) is 21.8. The molecular formula is C22H28F3N3O2. The molecule has 0 saturated carbocycles. The number of methoxy groups -OCH3 is 1. The van der Waals surface area contributed by atoms with Gasteiger partial charge in [-0.2, -0.15) is 13.2 Å². The number of benzene rings is 2. The third-order valence-electron chi connectivity index (χ3n) is 4.33. The van der Waals surface area contributed by atoms with Crippen molar-refractivity contribution < 1.29 is 22.6 Å². The van der Waals surface area contributed by atoms with E-state index in [1.165, 1.54) is 5.56 Å². The van der Waals surface area contributed by atoms with Crippen LogP contribution in [0.2, 0.25) is 0 Å². The molecule has 30 heavy (non-hydrogen) atoms. The number of ether oxygens (including phenoxy) is 2. The van der Waals surface area contributed by atoms with E-state index in [1.807, 2.05) is 24.3 Å². The van der Waals surface area contributed by atoms with E-state index < -0.39 is 12.8 Å². The van der Waals surface area contributed by atoms with Crippen molar-refractivity contribution >= 4 is 5.96 Å². The van der Waals surface area contributed by atoms with Gasteiger partial charge in [0, 0.05) is 20.1 Å². The van der Waals surface area contributed by atoms with E-state index in [4.69, 9.17) is 4.74 Å². The van der Waals surface area contributed by atoms with Gasteiger partial charge in [0.2, 0.25) is 0 Å². The van der Waals surface area contributed by atoms with Crippen LogP contribution in [-0.2, 0) is 24.3 Å². The van der Waals surface area contributed by atoms with Crippen LogP contribution in [0.5, 0.6) is 5.75 Å². The van der Waals surface area contributed by atoms with Crippen molar-refractivity contribution in [3.63, 3.8) is 0 Å². The van der Waals surface area contributed by atoms with E-state index in [-0.39, 0.29) is 6.61 Å². The molecule has 2 aromatic carbocycles. The Morgan fingerprint density at radius 2 is 1.57 bits per heavy atom. The molecule has 0 aromatic heterocycles. The van der Waals surface area contributed by atoms with Crippen molar-refractivity contribution in [2.45, 2.75) is 32.2 Å². The molecule has 0 amide bonds. The number of halogens is 3. The van der Waals surface area contributed by atoms with Crippen LogP contribution in [0.15, 0.2) is 53.5 Å². The Bertz CT molecular complexity index is 776. The lowest BCUT2D eigenvalue weighted by Crippen LogP contribution is -2.37. The average Bonchev–Trinajstić information content (AvgIpc) is 2.74. The fraction of sp³-hybridized carbons (Fsp3) is 0.409. The Morgan fingerprint density at radius 1 is 0.933 bits per heavy atom.